The molecule has 0 aromatic rings. The Bertz CT molecular complexity index is 676. The van der Waals surface area contributed by atoms with Gasteiger partial charge in [0, 0.05) is 37.3 Å². The Morgan fingerprint density at radius 2 is 2.19 bits per heavy atom. The third-order valence-electron chi connectivity index (χ3n) is 4.77. The molecule has 2 aliphatic heterocycles. The Labute approximate surface area is 164 Å². The van der Waals surface area contributed by atoms with Gasteiger partial charge in [0.25, 0.3) is 0 Å². The van der Waals surface area contributed by atoms with Crippen LogP contribution in [0.15, 0.2) is 52.6 Å². The van der Waals surface area contributed by atoms with E-state index in [0.29, 0.717) is 5.76 Å². The van der Waals surface area contributed by atoms with Crippen molar-refractivity contribution in [3.05, 3.63) is 47.7 Å². The van der Waals surface area contributed by atoms with Crippen LogP contribution < -0.4 is 10.6 Å². The Morgan fingerprint density at radius 1 is 1.44 bits per heavy atom. The molecule has 0 saturated carbocycles. The maximum atomic E-state index is 13.7. The summed E-state index contributed by atoms with van der Waals surface area (Å²) in [7, 11) is 6.13. The molecule has 4 unspecified atom stereocenters. The largest absolute Gasteiger partial charge is 0.488 e. The van der Waals surface area contributed by atoms with E-state index in [1.807, 2.05) is 33.3 Å². The number of ether oxygens (including phenoxy) is 1. The zero-order valence-electron chi connectivity index (χ0n) is 16.9. The van der Waals surface area contributed by atoms with Gasteiger partial charge in [0.2, 0.25) is 0 Å². The summed E-state index contributed by atoms with van der Waals surface area (Å²) in [6, 6.07) is 0.365. The number of nitrogens with zero attached hydrogens (tertiary/aromatic N) is 2. The Morgan fingerprint density at radius 3 is 2.81 bits per heavy atom. The summed E-state index contributed by atoms with van der Waals surface area (Å²) >= 11 is 0. The molecule has 0 fully saturated rings. The molecule has 0 bridgehead atoms. The number of allylic oxidation sites excluding steroid dienone is 2. The smallest absolute Gasteiger partial charge is 0.154 e. The topological polar surface area (TPSA) is 48.9 Å². The van der Waals surface area contributed by atoms with Crippen LogP contribution in [0.25, 0.3) is 0 Å². The van der Waals surface area contributed by atoms with E-state index in [9.17, 15) is 4.39 Å². The molecule has 0 amide bonds. The van der Waals surface area contributed by atoms with Gasteiger partial charge in [-0.3, -0.25) is 4.99 Å². The Kier molecular flexibility index (Phi) is 7.63. The second-order valence-electron chi connectivity index (χ2n) is 7.10. The van der Waals surface area contributed by atoms with Gasteiger partial charge in [-0.1, -0.05) is 22.2 Å². The van der Waals surface area contributed by atoms with E-state index < -0.39 is 5.41 Å². The number of halogens is 1. The summed E-state index contributed by atoms with van der Waals surface area (Å²) in [5, 5.41) is 5.31. The summed E-state index contributed by atoms with van der Waals surface area (Å²) in [4.78, 5) is 6.62. The molecule has 0 aliphatic carbocycles. The van der Waals surface area contributed by atoms with E-state index in [4.69, 9.17) is 4.74 Å². The van der Waals surface area contributed by atoms with Crippen LogP contribution in [0, 0.1) is 0 Å². The van der Waals surface area contributed by atoms with Crippen LogP contribution >= 0.6 is 9.24 Å². The fourth-order valence-corrected chi connectivity index (χ4v) is 3.12. The second kappa shape index (κ2) is 9.52. The Hall–Kier alpha value is -1.65. The standard InChI is InChI=1S/C20H32FN4OP/c1-6-17-16(18(22-4)9-10-24-17)12-23-11-15-7-8-19(14(2)25(15)5)26-13-20(3,21)27/h7-10,12,15,18,22-23H,6,11,13,27H2,1-5H3/b16-12-. The van der Waals surface area contributed by atoms with Gasteiger partial charge in [0.1, 0.15) is 12.4 Å². The van der Waals surface area contributed by atoms with Crippen LogP contribution in [-0.2, 0) is 4.74 Å². The predicted octanol–water partition coefficient (Wildman–Crippen LogP) is 3.11. The summed E-state index contributed by atoms with van der Waals surface area (Å²) in [6.07, 6.45) is 10.9. The van der Waals surface area contributed by atoms with Gasteiger partial charge in [-0.15, -0.1) is 0 Å². The number of aliphatic imine (C=N–C) groups is 1. The minimum absolute atomic E-state index is 0.00951. The zero-order chi connectivity index (χ0) is 20.0. The van der Waals surface area contributed by atoms with Crippen molar-refractivity contribution in [3.63, 3.8) is 0 Å². The molecule has 0 saturated heterocycles. The minimum Gasteiger partial charge on any atom is -0.488 e. The van der Waals surface area contributed by atoms with Crippen molar-refractivity contribution in [2.24, 2.45) is 4.99 Å². The molecule has 150 valence electrons. The lowest BCUT2D eigenvalue weighted by Crippen LogP contribution is -2.39. The van der Waals surface area contributed by atoms with Gasteiger partial charge in [-0.25, -0.2) is 4.39 Å². The first-order chi connectivity index (χ1) is 12.8. The quantitative estimate of drug-likeness (QED) is 0.621. The zero-order valence-corrected chi connectivity index (χ0v) is 18.1. The van der Waals surface area contributed by atoms with Crippen LogP contribution in [0.2, 0.25) is 0 Å². The average molecular weight is 394 g/mol. The maximum absolute atomic E-state index is 13.7. The Balaban J connectivity index is 1.97. The fourth-order valence-electron chi connectivity index (χ4n) is 3.03. The molecule has 2 rings (SSSR count). The molecule has 0 radical (unpaired) electrons. The normalized spacial score (nSPS) is 26.3. The van der Waals surface area contributed by atoms with Crippen molar-refractivity contribution in [2.75, 3.05) is 27.2 Å². The highest BCUT2D eigenvalue weighted by Gasteiger charge is 2.23. The lowest BCUT2D eigenvalue weighted by molar-refractivity contribution is 0.121. The number of rotatable bonds is 8. The average Bonchev–Trinajstić information content (AvgIpc) is 2.63. The first-order valence-corrected chi connectivity index (χ1v) is 9.91. The summed E-state index contributed by atoms with van der Waals surface area (Å²) in [5.74, 6) is 0.714. The molecule has 27 heavy (non-hydrogen) atoms. The predicted molar refractivity (Wildman–Crippen MR) is 114 cm³/mol. The van der Waals surface area contributed by atoms with Crippen LogP contribution in [0.4, 0.5) is 4.39 Å². The van der Waals surface area contributed by atoms with E-state index in [2.05, 4.69) is 55.0 Å². The number of hydrogen-bond acceptors (Lipinski definition) is 5. The molecule has 2 N–H and O–H groups in total. The lowest BCUT2D eigenvalue weighted by atomic mass is 9.99. The van der Waals surface area contributed by atoms with Crippen LogP contribution in [0.1, 0.15) is 27.2 Å². The summed E-state index contributed by atoms with van der Waals surface area (Å²) in [5.41, 5.74) is 3.26. The molecular formula is C20H32FN4OP. The monoisotopic (exact) mass is 394 g/mol. The van der Waals surface area contributed by atoms with E-state index in [-0.39, 0.29) is 18.7 Å². The third kappa shape index (κ3) is 5.91. The van der Waals surface area contributed by atoms with Gasteiger partial charge in [0.15, 0.2) is 5.41 Å². The molecule has 4 atom stereocenters. The van der Waals surface area contributed by atoms with E-state index in [1.165, 1.54) is 12.5 Å². The molecule has 0 aromatic carbocycles. The highest BCUT2D eigenvalue weighted by Crippen LogP contribution is 2.25. The third-order valence-corrected chi connectivity index (χ3v) is 4.94. The van der Waals surface area contributed by atoms with Gasteiger partial charge < -0.3 is 20.3 Å². The van der Waals surface area contributed by atoms with Gasteiger partial charge in [0.05, 0.1) is 17.8 Å². The van der Waals surface area contributed by atoms with Crippen molar-refractivity contribution in [1.82, 2.24) is 15.5 Å². The first kappa shape index (κ1) is 21.6. The van der Waals surface area contributed by atoms with E-state index >= 15 is 0 Å². The van der Waals surface area contributed by atoms with Gasteiger partial charge >= 0.3 is 0 Å². The minimum atomic E-state index is -1.43. The van der Waals surface area contributed by atoms with Crippen LogP contribution in [0.5, 0.6) is 0 Å². The SMILES string of the molecule is CCC1=NC=CC(NC)/C1=C\NCC1C=CC(OCC(C)(F)P)=C(C)N1C. The van der Waals surface area contributed by atoms with Crippen molar-refractivity contribution in [2.45, 2.75) is 44.7 Å². The molecular weight excluding hydrogens is 362 g/mol. The number of nitrogens with one attached hydrogen (secondary N) is 2. The van der Waals surface area contributed by atoms with Gasteiger partial charge in [-0.05, 0) is 39.5 Å². The second-order valence-corrected chi connectivity index (χ2v) is 8.30. The summed E-state index contributed by atoms with van der Waals surface area (Å²) < 4.78 is 19.3. The first-order valence-electron chi connectivity index (χ1n) is 9.33. The van der Waals surface area contributed by atoms with E-state index in [0.717, 1.165) is 24.4 Å². The van der Waals surface area contributed by atoms with Crippen molar-refractivity contribution in [3.8, 4) is 0 Å². The van der Waals surface area contributed by atoms with Crippen molar-refractivity contribution < 1.29 is 9.13 Å². The van der Waals surface area contributed by atoms with Crippen LogP contribution in [0.3, 0.4) is 0 Å². The molecule has 5 nitrogen and oxygen atoms in total. The number of hydrogen-bond donors (Lipinski definition) is 2. The number of alkyl halides is 1. The lowest BCUT2D eigenvalue weighted by Gasteiger charge is -2.33. The fraction of sp³-hybridized carbons (Fsp3) is 0.550. The van der Waals surface area contributed by atoms with Gasteiger partial charge in [-0.2, -0.15) is 0 Å². The van der Waals surface area contributed by atoms with E-state index in [1.54, 1.807) is 0 Å². The molecule has 2 heterocycles. The molecule has 2 aliphatic rings. The summed E-state index contributed by atoms with van der Waals surface area (Å²) in [6.45, 7) is 6.35. The van der Waals surface area contributed by atoms with Crippen molar-refractivity contribution in [1.29, 1.82) is 0 Å². The number of likely N-dealkylation sites (N-methyl/N-ethyl adjacent to an activating group) is 2. The van der Waals surface area contributed by atoms with Crippen LogP contribution in [-0.4, -0.2) is 55.4 Å². The molecule has 0 spiro atoms. The highest BCUT2D eigenvalue weighted by atomic mass is 31.0. The maximum Gasteiger partial charge on any atom is 0.154 e. The molecule has 7 heteroatoms. The molecule has 0 aromatic heterocycles. The highest BCUT2D eigenvalue weighted by molar-refractivity contribution is 7.18. The van der Waals surface area contributed by atoms with Crippen molar-refractivity contribution >= 4 is 15.0 Å².